The van der Waals surface area contributed by atoms with E-state index in [4.69, 9.17) is 11.5 Å². The zero-order chi connectivity index (χ0) is 7.66. The molecule has 0 aromatic rings. The van der Waals surface area contributed by atoms with E-state index < -0.39 is 0 Å². The third kappa shape index (κ3) is 14.0. The van der Waals surface area contributed by atoms with Crippen LogP contribution >= 0.6 is 0 Å². The summed E-state index contributed by atoms with van der Waals surface area (Å²) in [5.74, 6) is 0. The van der Waals surface area contributed by atoms with Gasteiger partial charge in [-0.2, -0.15) is 0 Å². The molecule has 0 aliphatic heterocycles. The molecule has 0 aromatic heterocycles. The van der Waals surface area contributed by atoms with E-state index >= 15 is 0 Å². The van der Waals surface area contributed by atoms with Crippen LogP contribution < -0.4 is 16.8 Å². The molecule has 0 bridgehead atoms. The predicted octanol–water partition coefficient (Wildman–Crippen LogP) is -1.25. The van der Waals surface area contributed by atoms with Crippen molar-refractivity contribution in [2.75, 3.05) is 26.2 Å². The fraction of sp³-hybridized carbons (Fsp3) is 1.00. The molecule has 0 rings (SSSR count). The van der Waals surface area contributed by atoms with Crippen molar-refractivity contribution in [1.29, 1.82) is 0 Å². The van der Waals surface area contributed by atoms with Crippen LogP contribution in [0.2, 0.25) is 0 Å². The zero-order valence-electron chi connectivity index (χ0n) is 6.60. The third-order valence-electron chi connectivity index (χ3n) is 1.37. The van der Waals surface area contributed by atoms with Gasteiger partial charge in [-0.05, 0) is 45.4 Å². The standard InChI is InChI=1S/C7H19N3.Ca.2H/c8-4-1-2-6-10-7-3-5-9;;;/h10H,1-9H2;;;. The Morgan fingerprint density at radius 3 is 1.91 bits per heavy atom. The molecule has 4 heteroatoms. The molecule has 0 saturated carbocycles. The van der Waals surface area contributed by atoms with Gasteiger partial charge in [-0.25, -0.2) is 0 Å². The van der Waals surface area contributed by atoms with Gasteiger partial charge in [0.05, 0.1) is 0 Å². The molecule has 3 nitrogen and oxygen atoms in total. The Labute approximate surface area is 99.3 Å². The molecular formula is C7H21CaN3. The van der Waals surface area contributed by atoms with Gasteiger partial charge in [-0.1, -0.05) is 0 Å². The summed E-state index contributed by atoms with van der Waals surface area (Å²) in [6, 6.07) is 0. The van der Waals surface area contributed by atoms with Crippen molar-refractivity contribution in [3.05, 3.63) is 0 Å². The first-order valence-electron chi connectivity index (χ1n) is 4.02. The van der Waals surface area contributed by atoms with Crippen molar-refractivity contribution in [2.45, 2.75) is 19.3 Å². The summed E-state index contributed by atoms with van der Waals surface area (Å²) in [6.07, 6.45) is 3.37. The SMILES string of the molecule is NCCCCNCCCN.[CaH2]. The van der Waals surface area contributed by atoms with Gasteiger partial charge in [-0.15, -0.1) is 0 Å². The number of hydrogen-bond acceptors (Lipinski definition) is 3. The van der Waals surface area contributed by atoms with E-state index in [0.29, 0.717) is 0 Å². The third-order valence-corrected chi connectivity index (χ3v) is 1.37. The van der Waals surface area contributed by atoms with Crippen molar-refractivity contribution in [3.63, 3.8) is 0 Å². The van der Waals surface area contributed by atoms with Gasteiger partial charge < -0.3 is 16.8 Å². The summed E-state index contributed by atoms with van der Waals surface area (Å²) >= 11 is 0. The average molecular weight is 187 g/mol. The molecule has 11 heavy (non-hydrogen) atoms. The van der Waals surface area contributed by atoms with Crippen molar-refractivity contribution < 1.29 is 0 Å². The Bertz CT molecular complexity index is 53.6. The number of hydrogen-bond donors (Lipinski definition) is 3. The second-order valence-electron chi connectivity index (χ2n) is 2.39. The number of nitrogens with two attached hydrogens (primary N) is 2. The monoisotopic (exact) mass is 187 g/mol. The van der Waals surface area contributed by atoms with Gasteiger partial charge in [0.15, 0.2) is 0 Å². The topological polar surface area (TPSA) is 64.1 Å². The summed E-state index contributed by atoms with van der Waals surface area (Å²) in [7, 11) is 0. The number of unbranched alkanes of at least 4 members (excludes halogenated alkanes) is 1. The van der Waals surface area contributed by atoms with Gasteiger partial charge in [0.2, 0.25) is 0 Å². The molecule has 0 aliphatic carbocycles. The van der Waals surface area contributed by atoms with Crippen LogP contribution in [-0.2, 0) is 0 Å². The van der Waals surface area contributed by atoms with Crippen LogP contribution in [-0.4, -0.2) is 63.9 Å². The van der Waals surface area contributed by atoms with Crippen molar-refractivity contribution >= 4 is 37.7 Å². The molecule has 66 valence electrons. The fourth-order valence-corrected chi connectivity index (χ4v) is 0.746. The van der Waals surface area contributed by atoms with Gasteiger partial charge in [-0.3, -0.25) is 0 Å². The Morgan fingerprint density at radius 2 is 1.36 bits per heavy atom. The summed E-state index contributed by atoms with van der Waals surface area (Å²) in [5.41, 5.74) is 10.6. The van der Waals surface area contributed by atoms with Crippen LogP contribution in [0.5, 0.6) is 0 Å². The Balaban J connectivity index is 0. The first-order valence-corrected chi connectivity index (χ1v) is 4.02. The van der Waals surface area contributed by atoms with E-state index in [0.717, 1.165) is 39.0 Å². The molecule has 0 aromatic carbocycles. The van der Waals surface area contributed by atoms with Crippen LogP contribution in [0.25, 0.3) is 0 Å². The van der Waals surface area contributed by atoms with E-state index in [-0.39, 0.29) is 37.7 Å². The molecule has 0 fully saturated rings. The van der Waals surface area contributed by atoms with Gasteiger partial charge in [0.25, 0.3) is 0 Å². The van der Waals surface area contributed by atoms with E-state index in [1.807, 2.05) is 0 Å². The minimum atomic E-state index is 0. The van der Waals surface area contributed by atoms with Gasteiger partial charge in [0, 0.05) is 0 Å². The van der Waals surface area contributed by atoms with E-state index in [1.165, 1.54) is 6.42 Å². The normalized spacial score (nSPS) is 9.27. The van der Waals surface area contributed by atoms with Crippen molar-refractivity contribution in [1.82, 2.24) is 5.32 Å². The second kappa shape index (κ2) is 13.7. The average Bonchev–Trinajstić information content (AvgIpc) is 1.97. The fourth-order valence-electron chi connectivity index (χ4n) is 0.746. The molecule has 0 saturated heterocycles. The summed E-state index contributed by atoms with van der Waals surface area (Å²) in [6.45, 7) is 3.71. The van der Waals surface area contributed by atoms with E-state index in [2.05, 4.69) is 5.32 Å². The first-order chi connectivity index (χ1) is 4.91. The zero-order valence-corrected chi connectivity index (χ0v) is 6.60. The molecule has 0 atom stereocenters. The molecule has 0 heterocycles. The minimum absolute atomic E-state index is 0. The van der Waals surface area contributed by atoms with E-state index in [9.17, 15) is 0 Å². The molecule has 0 aliphatic rings. The van der Waals surface area contributed by atoms with Crippen LogP contribution in [0.3, 0.4) is 0 Å². The Kier molecular flexibility index (Phi) is 18.3. The molecular weight excluding hydrogens is 166 g/mol. The van der Waals surface area contributed by atoms with Crippen LogP contribution in [0.15, 0.2) is 0 Å². The second-order valence-corrected chi connectivity index (χ2v) is 2.39. The summed E-state index contributed by atoms with van der Waals surface area (Å²) in [5, 5.41) is 3.29. The van der Waals surface area contributed by atoms with E-state index in [1.54, 1.807) is 0 Å². The van der Waals surface area contributed by atoms with Crippen LogP contribution in [0, 0.1) is 0 Å². The first kappa shape index (κ1) is 14.7. The summed E-state index contributed by atoms with van der Waals surface area (Å²) in [4.78, 5) is 0. The predicted molar refractivity (Wildman–Crippen MR) is 53.4 cm³/mol. The quantitative estimate of drug-likeness (QED) is 0.345. The van der Waals surface area contributed by atoms with Crippen LogP contribution in [0.4, 0.5) is 0 Å². The van der Waals surface area contributed by atoms with Crippen molar-refractivity contribution in [3.8, 4) is 0 Å². The van der Waals surface area contributed by atoms with Gasteiger partial charge >= 0.3 is 37.7 Å². The molecule has 5 N–H and O–H groups in total. The summed E-state index contributed by atoms with van der Waals surface area (Å²) < 4.78 is 0. The maximum atomic E-state index is 5.32. The Morgan fingerprint density at radius 1 is 0.818 bits per heavy atom. The molecule has 0 radical (unpaired) electrons. The number of rotatable bonds is 7. The molecule has 0 unspecified atom stereocenters. The van der Waals surface area contributed by atoms with Crippen LogP contribution in [0.1, 0.15) is 19.3 Å². The maximum absolute atomic E-state index is 5.32. The van der Waals surface area contributed by atoms with Gasteiger partial charge in [0.1, 0.15) is 0 Å². The van der Waals surface area contributed by atoms with Crippen molar-refractivity contribution in [2.24, 2.45) is 11.5 Å². The molecule has 0 amide bonds. The number of nitrogens with one attached hydrogen (secondary N) is 1. The molecule has 0 spiro atoms. The Hall–Kier alpha value is 1.14.